The second kappa shape index (κ2) is 3.96. The van der Waals surface area contributed by atoms with Gasteiger partial charge in [-0.2, -0.15) is 18.3 Å². The van der Waals surface area contributed by atoms with Gasteiger partial charge in [-0.25, -0.2) is 0 Å². The molecular formula is C10H7ClF3N3. The molecule has 0 radical (unpaired) electrons. The van der Waals surface area contributed by atoms with Crippen molar-refractivity contribution in [3.05, 3.63) is 35.0 Å². The molecule has 90 valence electrons. The Balaban J connectivity index is 2.73. The van der Waals surface area contributed by atoms with Crippen LogP contribution in [0.5, 0.6) is 0 Å². The van der Waals surface area contributed by atoms with Crippen LogP contribution in [0.15, 0.2) is 24.4 Å². The van der Waals surface area contributed by atoms with Crippen molar-refractivity contribution in [2.45, 2.75) is 6.18 Å². The summed E-state index contributed by atoms with van der Waals surface area (Å²) in [6.07, 6.45) is -3.27. The number of aromatic amines is 1. The van der Waals surface area contributed by atoms with Crippen molar-refractivity contribution in [3.8, 4) is 11.3 Å². The average molecular weight is 262 g/mol. The molecule has 0 atom stereocenters. The van der Waals surface area contributed by atoms with Gasteiger partial charge in [0.1, 0.15) is 0 Å². The highest BCUT2D eigenvalue weighted by Crippen LogP contribution is 2.41. The molecule has 0 aliphatic carbocycles. The number of aromatic nitrogens is 2. The van der Waals surface area contributed by atoms with Gasteiger partial charge in [-0.3, -0.25) is 5.10 Å². The minimum atomic E-state index is -4.50. The summed E-state index contributed by atoms with van der Waals surface area (Å²) in [6, 6.07) is 3.55. The highest BCUT2D eigenvalue weighted by Gasteiger charge is 2.35. The molecule has 0 aliphatic rings. The van der Waals surface area contributed by atoms with E-state index in [1.165, 1.54) is 18.3 Å². The van der Waals surface area contributed by atoms with E-state index in [0.29, 0.717) is 0 Å². The minimum absolute atomic E-state index is 0.0317. The Hall–Kier alpha value is -1.69. The van der Waals surface area contributed by atoms with Gasteiger partial charge in [0.15, 0.2) is 0 Å². The van der Waals surface area contributed by atoms with Crippen molar-refractivity contribution in [1.82, 2.24) is 10.2 Å². The van der Waals surface area contributed by atoms with Crippen LogP contribution in [0.2, 0.25) is 5.02 Å². The normalized spacial score (nSPS) is 11.8. The molecule has 0 aliphatic heterocycles. The fraction of sp³-hybridized carbons (Fsp3) is 0.100. The second-order valence-corrected chi connectivity index (χ2v) is 3.77. The van der Waals surface area contributed by atoms with Crippen molar-refractivity contribution < 1.29 is 13.2 Å². The van der Waals surface area contributed by atoms with Crippen molar-refractivity contribution in [1.29, 1.82) is 0 Å². The molecule has 17 heavy (non-hydrogen) atoms. The molecule has 1 aromatic carbocycles. The molecule has 1 heterocycles. The van der Waals surface area contributed by atoms with Gasteiger partial charge in [-0.15, -0.1) is 0 Å². The van der Waals surface area contributed by atoms with E-state index in [0.717, 1.165) is 6.07 Å². The SMILES string of the molecule is Nc1cn[nH]c1-c1c(Cl)cccc1C(F)(F)F. The zero-order valence-electron chi connectivity index (χ0n) is 8.35. The van der Waals surface area contributed by atoms with Gasteiger partial charge in [-0.05, 0) is 12.1 Å². The number of rotatable bonds is 1. The van der Waals surface area contributed by atoms with Crippen LogP contribution in [0.3, 0.4) is 0 Å². The highest BCUT2D eigenvalue weighted by molar-refractivity contribution is 6.33. The lowest BCUT2D eigenvalue weighted by Gasteiger charge is -2.13. The third kappa shape index (κ3) is 2.08. The second-order valence-electron chi connectivity index (χ2n) is 3.36. The topological polar surface area (TPSA) is 54.7 Å². The first kappa shape index (κ1) is 11.8. The molecule has 3 nitrogen and oxygen atoms in total. The number of H-pyrrole nitrogens is 1. The van der Waals surface area contributed by atoms with Crippen LogP contribution in [-0.4, -0.2) is 10.2 Å². The summed E-state index contributed by atoms with van der Waals surface area (Å²) in [6.45, 7) is 0. The number of halogens is 4. The molecule has 0 amide bonds. The molecule has 3 N–H and O–H groups in total. The summed E-state index contributed by atoms with van der Waals surface area (Å²) in [5.41, 5.74) is 4.69. The Morgan fingerprint density at radius 3 is 2.53 bits per heavy atom. The lowest BCUT2D eigenvalue weighted by Crippen LogP contribution is -2.08. The number of benzene rings is 1. The lowest BCUT2D eigenvalue weighted by atomic mass is 10.0. The number of hydrogen-bond acceptors (Lipinski definition) is 2. The lowest BCUT2D eigenvalue weighted by molar-refractivity contribution is -0.137. The Morgan fingerprint density at radius 2 is 2.00 bits per heavy atom. The Kier molecular flexibility index (Phi) is 2.74. The highest BCUT2D eigenvalue weighted by atomic mass is 35.5. The third-order valence-electron chi connectivity index (χ3n) is 2.24. The third-order valence-corrected chi connectivity index (χ3v) is 2.55. The zero-order chi connectivity index (χ0) is 12.6. The van der Waals surface area contributed by atoms with Crippen molar-refractivity contribution >= 4 is 17.3 Å². The van der Waals surface area contributed by atoms with Gasteiger partial charge in [0, 0.05) is 5.56 Å². The van der Waals surface area contributed by atoms with Gasteiger partial charge in [0.05, 0.1) is 28.2 Å². The van der Waals surface area contributed by atoms with Crippen LogP contribution in [-0.2, 0) is 6.18 Å². The number of nitrogens with zero attached hydrogens (tertiary/aromatic N) is 1. The molecule has 0 saturated heterocycles. The fourth-order valence-electron chi connectivity index (χ4n) is 1.51. The largest absolute Gasteiger partial charge is 0.417 e. The molecule has 1 aromatic heterocycles. The molecule has 0 bridgehead atoms. The van der Waals surface area contributed by atoms with Crippen LogP contribution in [0.25, 0.3) is 11.3 Å². The first-order valence-corrected chi connectivity index (χ1v) is 4.94. The van der Waals surface area contributed by atoms with E-state index in [9.17, 15) is 13.2 Å². The number of nitrogens with two attached hydrogens (primary N) is 1. The fourth-order valence-corrected chi connectivity index (χ4v) is 1.78. The Bertz CT molecular complexity index is 548. The number of nitrogen functional groups attached to an aromatic ring is 1. The monoisotopic (exact) mass is 261 g/mol. The van der Waals surface area contributed by atoms with E-state index in [2.05, 4.69) is 10.2 Å². The molecule has 0 fully saturated rings. The number of nitrogens with one attached hydrogen (secondary N) is 1. The molecule has 2 rings (SSSR count). The van der Waals surface area contributed by atoms with Gasteiger partial charge >= 0.3 is 6.18 Å². The van der Waals surface area contributed by atoms with Crippen molar-refractivity contribution in [2.24, 2.45) is 0 Å². The van der Waals surface area contributed by atoms with Crippen LogP contribution in [0.1, 0.15) is 5.56 Å². The van der Waals surface area contributed by atoms with Gasteiger partial charge in [-0.1, -0.05) is 17.7 Å². The number of alkyl halides is 3. The van der Waals surface area contributed by atoms with Crippen LogP contribution in [0.4, 0.5) is 18.9 Å². The maximum Gasteiger partial charge on any atom is 0.417 e. The maximum atomic E-state index is 12.8. The molecule has 0 unspecified atom stereocenters. The summed E-state index contributed by atoms with van der Waals surface area (Å²) in [7, 11) is 0. The smallest absolute Gasteiger partial charge is 0.396 e. The zero-order valence-corrected chi connectivity index (χ0v) is 9.10. The minimum Gasteiger partial charge on any atom is -0.396 e. The summed E-state index contributed by atoms with van der Waals surface area (Å²) < 4.78 is 38.5. The predicted molar refractivity (Wildman–Crippen MR) is 58.4 cm³/mol. The van der Waals surface area contributed by atoms with Crippen LogP contribution < -0.4 is 5.73 Å². The van der Waals surface area contributed by atoms with Gasteiger partial charge < -0.3 is 5.73 Å². The first-order valence-electron chi connectivity index (χ1n) is 4.56. The van der Waals surface area contributed by atoms with E-state index in [-0.39, 0.29) is 22.0 Å². The first-order chi connectivity index (χ1) is 7.91. The molecule has 0 saturated carbocycles. The van der Waals surface area contributed by atoms with E-state index in [1.807, 2.05) is 0 Å². The van der Waals surface area contributed by atoms with Crippen molar-refractivity contribution in [2.75, 3.05) is 5.73 Å². The van der Waals surface area contributed by atoms with E-state index in [4.69, 9.17) is 17.3 Å². The standard InChI is InChI=1S/C10H7ClF3N3/c11-6-3-1-2-5(10(12,13)14)8(6)9-7(15)4-16-17-9/h1-4H,15H2,(H,16,17). The Morgan fingerprint density at radius 1 is 1.29 bits per heavy atom. The van der Waals surface area contributed by atoms with Crippen LogP contribution in [0, 0.1) is 0 Å². The molecule has 0 spiro atoms. The summed E-state index contributed by atoms with van der Waals surface area (Å²) in [5.74, 6) is 0. The van der Waals surface area contributed by atoms with Crippen molar-refractivity contribution in [3.63, 3.8) is 0 Å². The van der Waals surface area contributed by atoms with E-state index >= 15 is 0 Å². The summed E-state index contributed by atoms with van der Waals surface area (Å²) >= 11 is 5.80. The predicted octanol–water partition coefficient (Wildman–Crippen LogP) is 3.33. The van der Waals surface area contributed by atoms with E-state index < -0.39 is 11.7 Å². The molecule has 2 aromatic rings. The number of hydrogen-bond donors (Lipinski definition) is 2. The average Bonchev–Trinajstić information content (AvgIpc) is 2.62. The van der Waals surface area contributed by atoms with Gasteiger partial charge in [0.2, 0.25) is 0 Å². The van der Waals surface area contributed by atoms with Crippen LogP contribution >= 0.6 is 11.6 Å². The number of anilines is 1. The van der Waals surface area contributed by atoms with Gasteiger partial charge in [0.25, 0.3) is 0 Å². The summed E-state index contributed by atoms with van der Waals surface area (Å²) in [5, 5.41) is 5.97. The molecule has 7 heteroatoms. The molecular weight excluding hydrogens is 255 g/mol. The Labute approximate surface area is 99.4 Å². The summed E-state index contributed by atoms with van der Waals surface area (Å²) in [4.78, 5) is 0. The quantitative estimate of drug-likeness (QED) is 0.827. The van der Waals surface area contributed by atoms with E-state index in [1.54, 1.807) is 0 Å². The maximum absolute atomic E-state index is 12.8.